The number of hydrogen-bond donors (Lipinski definition) is 1. The largest absolute Gasteiger partial charge is 0.307 e. The predicted octanol–water partition coefficient (Wildman–Crippen LogP) is 0.690. The van der Waals surface area contributed by atoms with E-state index in [-0.39, 0.29) is 0 Å². The van der Waals surface area contributed by atoms with Crippen molar-refractivity contribution in [3.05, 3.63) is 30.1 Å². The minimum Gasteiger partial charge on any atom is -0.307 e. The molecule has 0 amide bonds. The molecule has 0 spiro atoms. The zero-order valence-corrected chi connectivity index (χ0v) is 7.62. The minimum absolute atomic E-state index is 0.885. The van der Waals surface area contributed by atoms with Gasteiger partial charge >= 0.3 is 0 Å². The lowest BCUT2D eigenvalue weighted by atomic mass is 10.3. The third kappa shape index (κ3) is 2.98. The van der Waals surface area contributed by atoms with Crippen LogP contribution < -0.4 is 5.32 Å². The van der Waals surface area contributed by atoms with Gasteiger partial charge in [-0.2, -0.15) is 0 Å². The molecule has 0 saturated heterocycles. The Kier molecular flexibility index (Phi) is 3.70. The van der Waals surface area contributed by atoms with Crippen LogP contribution in [0.1, 0.15) is 5.69 Å². The van der Waals surface area contributed by atoms with Gasteiger partial charge in [-0.3, -0.25) is 9.88 Å². The van der Waals surface area contributed by atoms with Gasteiger partial charge in [0.15, 0.2) is 0 Å². The summed E-state index contributed by atoms with van der Waals surface area (Å²) < 4.78 is 0. The van der Waals surface area contributed by atoms with Crippen molar-refractivity contribution in [2.75, 3.05) is 20.8 Å². The first-order valence-corrected chi connectivity index (χ1v) is 4.06. The number of rotatable bonds is 4. The van der Waals surface area contributed by atoms with E-state index in [0.29, 0.717) is 0 Å². The number of aromatic nitrogens is 1. The maximum absolute atomic E-state index is 4.23. The summed E-state index contributed by atoms with van der Waals surface area (Å²) in [4.78, 5) is 6.40. The van der Waals surface area contributed by atoms with Crippen molar-refractivity contribution >= 4 is 0 Å². The van der Waals surface area contributed by atoms with E-state index in [4.69, 9.17) is 0 Å². The molecule has 0 aliphatic heterocycles. The van der Waals surface area contributed by atoms with Gasteiger partial charge < -0.3 is 5.32 Å². The number of nitrogens with zero attached hydrogens (tertiary/aromatic N) is 2. The van der Waals surface area contributed by atoms with Crippen LogP contribution >= 0.6 is 0 Å². The summed E-state index contributed by atoms with van der Waals surface area (Å²) in [5.74, 6) is 0. The van der Waals surface area contributed by atoms with Crippen LogP contribution in [-0.4, -0.2) is 30.6 Å². The molecule has 3 heteroatoms. The van der Waals surface area contributed by atoms with E-state index in [9.17, 15) is 0 Å². The van der Waals surface area contributed by atoms with Crippen LogP contribution in [0.25, 0.3) is 0 Å². The highest BCUT2D eigenvalue weighted by atomic mass is 15.2. The molecule has 1 aromatic rings. The molecule has 0 aromatic carbocycles. The second-order valence-corrected chi connectivity index (χ2v) is 2.85. The van der Waals surface area contributed by atoms with Crippen LogP contribution in [0.4, 0.5) is 0 Å². The molecule has 0 aliphatic carbocycles. The van der Waals surface area contributed by atoms with Gasteiger partial charge in [0.25, 0.3) is 0 Å². The van der Waals surface area contributed by atoms with Crippen molar-refractivity contribution in [3.8, 4) is 0 Å². The van der Waals surface area contributed by atoms with E-state index in [1.54, 1.807) is 0 Å². The van der Waals surface area contributed by atoms with Crippen molar-refractivity contribution in [2.45, 2.75) is 6.54 Å². The fourth-order valence-electron chi connectivity index (χ4n) is 1.09. The van der Waals surface area contributed by atoms with E-state index in [1.165, 1.54) is 0 Å². The first-order valence-electron chi connectivity index (χ1n) is 4.06. The highest BCUT2D eigenvalue weighted by Crippen LogP contribution is 1.96. The lowest BCUT2D eigenvalue weighted by Crippen LogP contribution is -2.28. The average Bonchev–Trinajstić information content (AvgIpc) is 2.06. The van der Waals surface area contributed by atoms with Crippen LogP contribution in [0.3, 0.4) is 0 Å². The third-order valence-corrected chi connectivity index (χ3v) is 1.59. The Morgan fingerprint density at radius 3 is 2.92 bits per heavy atom. The van der Waals surface area contributed by atoms with Gasteiger partial charge in [-0.15, -0.1) is 0 Å². The molecule has 0 radical (unpaired) electrons. The van der Waals surface area contributed by atoms with Crippen LogP contribution in [0.15, 0.2) is 24.4 Å². The monoisotopic (exact) mass is 165 g/mol. The van der Waals surface area contributed by atoms with E-state index >= 15 is 0 Å². The van der Waals surface area contributed by atoms with Crippen molar-refractivity contribution < 1.29 is 0 Å². The minimum atomic E-state index is 0.885. The lowest BCUT2D eigenvalue weighted by Gasteiger charge is -2.14. The van der Waals surface area contributed by atoms with Crippen molar-refractivity contribution in [1.29, 1.82) is 0 Å². The van der Waals surface area contributed by atoms with Gasteiger partial charge in [0.05, 0.1) is 5.69 Å². The Labute approximate surface area is 73.4 Å². The molecular weight excluding hydrogens is 150 g/mol. The fraction of sp³-hybridized carbons (Fsp3) is 0.444. The second kappa shape index (κ2) is 4.85. The summed E-state index contributed by atoms with van der Waals surface area (Å²) in [5, 5.41) is 3.09. The van der Waals surface area contributed by atoms with Crippen LogP contribution in [0.2, 0.25) is 0 Å². The van der Waals surface area contributed by atoms with Crippen molar-refractivity contribution in [1.82, 2.24) is 15.2 Å². The summed E-state index contributed by atoms with van der Waals surface area (Å²) in [7, 11) is 4.00. The molecule has 0 fully saturated rings. The molecule has 0 aliphatic rings. The van der Waals surface area contributed by atoms with Crippen molar-refractivity contribution in [2.24, 2.45) is 0 Å². The lowest BCUT2D eigenvalue weighted by molar-refractivity contribution is 0.306. The van der Waals surface area contributed by atoms with Crippen LogP contribution in [0, 0.1) is 0 Å². The topological polar surface area (TPSA) is 28.2 Å². The zero-order chi connectivity index (χ0) is 8.81. The molecule has 1 aromatic heterocycles. The fourth-order valence-corrected chi connectivity index (χ4v) is 1.09. The molecule has 1 rings (SSSR count). The molecule has 0 bridgehead atoms. The molecule has 0 saturated carbocycles. The molecule has 12 heavy (non-hydrogen) atoms. The first-order chi connectivity index (χ1) is 5.83. The highest BCUT2D eigenvalue weighted by Gasteiger charge is 1.97. The van der Waals surface area contributed by atoms with Gasteiger partial charge in [0, 0.05) is 19.4 Å². The van der Waals surface area contributed by atoms with Gasteiger partial charge in [0.1, 0.15) is 0 Å². The van der Waals surface area contributed by atoms with Crippen LogP contribution in [0.5, 0.6) is 0 Å². The SMILES string of the molecule is CNCN(C)Cc1ccccn1. The molecule has 1 heterocycles. The van der Waals surface area contributed by atoms with Gasteiger partial charge in [-0.05, 0) is 26.2 Å². The van der Waals surface area contributed by atoms with Gasteiger partial charge in [-0.25, -0.2) is 0 Å². The Hall–Kier alpha value is -0.930. The quantitative estimate of drug-likeness (QED) is 0.665. The highest BCUT2D eigenvalue weighted by molar-refractivity contribution is 5.02. The molecule has 3 nitrogen and oxygen atoms in total. The maximum Gasteiger partial charge on any atom is 0.0544 e. The molecule has 0 unspecified atom stereocenters. The van der Waals surface area contributed by atoms with E-state index < -0.39 is 0 Å². The average molecular weight is 165 g/mol. The standard InChI is InChI=1S/C9H15N3/c1-10-8-12(2)7-9-5-3-4-6-11-9/h3-6,10H,7-8H2,1-2H3. The number of pyridine rings is 1. The van der Waals surface area contributed by atoms with E-state index in [2.05, 4.69) is 22.2 Å². The Balaban J connectivity index is 2.41. The Bertz CT molecular complexity index is 210. The molecule has 1 N–H and O–H groups in total. The second-order valence-electron chi connectivity index (χ2n) is 2.85. The maximum atomic E-state index is 4.23. The summed E-state index contributed by atoms with van der Waals surface area (Å²) in [5.41, 5.74) is 1.11. The molecular formula is C9H15N3. The molecule has 66 valence electrons. The third-order valence-electron chi connectivity index (χ3n) is 1.59. The summed E-state index contributed by atoms with van der Waals surface area (Å²) in [6.45, 7) is 1.78. The van der Waals surface area contributed by atoms with E-state index in [0.717, 1.165) is 18.9 Å². The van der Waals surface area contributed by atoms with E-state index in [1.807, 2.05) is 31.4 Å². The summed E-state index contributed by atoms with van der Waals surface area (Å²) in [6.07, 6.45) is 1.82. The number of nitrogens with one attached hydrogen (secondary N) is 1. The van der Waals surface area contributed by atoms with Gasteiger partial charge in [-0.1, -0.05) is 6.07 Å². The first kappa shape index (κ1) is 9.16. The van der Waals surface area contributed by atoms with Crippen LogP contribution in [-0.2, 0) is 6.54 Å². The molecule has 0 atom stereocenters. The predicted molar refractivity (Wildman–Crippen MR) is 49.6 cm³/mol. The number of hydrogen-bond acceptors (Lipinski definition) is 3. The normalized spacial score (nSPS) is 10.6. The summed E-state index contributed by atoms with van der Waals surface area (Å²) >= 11 is 0. The summed E-state index contributed by atoms with van der Waals surface area (Å²) in [6, 6.07) is 5.98. The zero-order valence-electron chi connectivity index (χ0n) is 7.62. The Morgan fingerprint density at radius 2 is 2.33 bits per heavy atom. The van der Waals surface area contributed by atoms with Gasteiger partial charge in [0.2, 0.25) is 0 Å². The Morgan fingerprint density at radius 1 is 1.50 bits per heavy atom. The smallest absolute Gasteiger partial charge is 0.0544 e. The van der Waals surface area contributed by atoms with Crippen molar-refractivity contribution in [3.63, 3.8) is 0 Å².